The number of hydrogen-bond acceptors (Lipinski definition) is 3. The van der Waals surface area contributed by atoms with Crippen LogP contribution in [-0.2, 0) is 18.0 Å². The molecule has 0 aromatic heterocycles. The van der Waals surface area contributed by atoms with Crippen molar-refractivity contribution in [3.8, 4) is 5.75 Å². The van der Waals surface area contributed by atoms with Crippen LogP contribution in [0.1, 0.15) is 11.1 Å². The molecule has 0 aliphatic rings. The second-order valence-corrected chi connectivity index (χ2v) is 5.11. The number of nitrogens with two attached hydrogens (primary N) is 1. The largest absolute Gasteiger partial charge is 0.495 e. The Labute approximate surface area is 121 Å². The molecule has 0 spiro atoms. The molecule has 0 saturated carbocycles. The summed E-state index contributed by atoms with van der Waals surface area (Å²) in [7, 11) is 1.61. The molecule has 0 amide bonds. The zero-order valence-corrected chi connectivity index (χ0v) is 12.3. The van der Waals surface area contributed by atoms with Gasteiger partial charge >= 0.3 is 0 Å². The van der Waals surface area contributed by atoms with E-state index in [0.29, 0.717) is 24.7 Å². The van der Waals surface area contributed by atoms with E-state index in [-0.39, 0.29) is 0 Å². The average molecular weight is 322 g/mol. The van der Waals surface area contributed by atoms with E-state index in [9.17, 15) is 0 Å². The highest BCUT2D eigenvalue weighted by atomic mass is 79.9. The molecular formula is C15H16BrNO2. The number of benzene rings is 2. The zero-order chi connectivity index (χ0) is 13.7. The maximum absolute atomic E-state index is 5.85. The van der Waals surface area contributed by atoms with Gasteiger partial charge in [-0.25, -0.2) is 0 Å². The number of halogens is 1. The van der Waals surface area contributed by atoms with Crippen molar-refractivity contribution in [2.24, 2.45) is 0 Å². The van der Waals surface area contributed by atoms with E-state index >= 15 is 0 Å². The average Bonchev–Trinajstić information content (AvgIpc) is 2.39. The number of nitrogen functional groups attached to an aromatic ring is 1. The molecule has 0 aliphatic heterocycles. The van der Waals surface area contributed by atoms with E-state index in [4.69, 9.17) is 15.2 Å². The van der Waals surface area contributed by atoms with Gasteiger partial charge in [-0.1, -0.05) is 34.1 Å². The normalized spacial score (nSPS) is 10.4. The van der Waals surface area contributed by atoms with Crippen LogP contribution >= 0.6 is 15.9 Å². The molecule has 3 nitrogen and oxygen atoms in total. The summed E-state index contributed by atoms with van der Waals surface area (Å²) in [6.45, 7) is 1.10. The molecule has 0 heterocycles. The number of ether oxygens (including phenoxy) is 2. The summed E-state index contributed by atoms with van der Waals surface area (Å²) in [6.07, 6.45) is 0. The zero-order valence-electron chi connectivity index (χ0n) is 10.7. The van der Waals surface area contributed by atoms with Crippen LogP contribution in [0.4, 0.5) is 5.69 Å². The van der Waals surface area contributed by atoms with Crippen LogP contribution in [0.5, 0.6) is 5.75 Å². The summed E-state index contributed by atoms with van der Waals surface area (Å²) in [6, 6.07) is 13.8. The molecule has 19 heavy (non-hydrogen) atoms. The third-order valence-electron chi connectivity index (χ3n) is 2.72. The fraction of sp³-hybridized carbons (Fsp3) is 0.200. The van der Waals surface area contributed by atoms with E-state index in [1.807, 2.05) is 42.5 Å². The molecule has 0 atom stereocenters. The molecular weight excluding hydrogens is 306 g/mol. The Morgan fingerprint density at radius 1 is 1.05 bits per heavy atom. The Kier molecular flexibility index (Phi) is 4.82. The highest BCUT2D eigenvalue weighted by molar-refractivity contribution is 9.10. The predicted octanol–water partition coefficient (Wildman–Crippen LogP) is 3.76. The Hall–Kier alpha value is -1.52. The van der Waals surface area contributed by atoms with E-state index in [1.54, 1.807) is 7.11 Å². The van der Waals surface area contributed by atoms with Gasteiger partial charge in [-0.05, 0) is 35.4 Å². The van der Waals surface area contributed by atoms with Gasteiger partial charge < -0.3 is 15.2 Å². The van der Waals surface area contributed by atoms with Gasteiger partial charge in [0.2, 0.25) is 0 Å². The fourth-order valence-electron chi connectivity index (χ4n) is 1.79. The van der Waals surface area contributed by atoms with Crippen LogP contribution in [0.3, 0.4) is 0 Å². The minimum absolute atomic E-state index is 0.528. The van der Waals surface area contributed by atoms with Gasteiger partial charge in [-0.2, -0.15) is 0 Å². The highest BCUT2D eigenvalue weighted by Gasteiger charge is 2.01. The van der Waals surface area contributed by atoms with Crippen LogP contribution in [-0.4, -0.2) is 7.11 Å². The molecule has 0 saturated heterocycles. The lowest BCUT2D eigenvalue weighted by Crippen LogP contribution is -1.97. The van der Waals surface area contributed by atoms with Crippen molar-refractivity contribution in [2.45, 2.75) is 13.2 Å². The van der Waals surface area contributed by atoms with Crippen LogP contribution in [0.15, 0.2) is 46.9 Å². The highest BCUT2D eigenvalue weighted by Crippen LogP contribution is 2.22. The second-order valence-electron chi connectivity index (χ2n) is 4.20. The van der Waals surface area contributed by atoms with E-state index < -0.39 is 0 Å². The molecule has 4 heteroatoms. The van der Waals surface area contributed by atoms with Gasteiger partial charge in [0, 0.05) is 4.47 Å². The first-order valence-corrected chi connectivity index (χ1v) is 6.73. The lowest BCUT2D eigenvalue weighted by Gasteiger charge is -2.08. The van der Waals surface area contributed by atoms with Gasteiger partial charge in [0.15, 0.2) is 0 Å². The quantitative estimate of drug-likeness (QED) is 0.853. The van der Waals surface area contributed by atoms with Gasteiger partial charge in [0.1, 0.15) is 5.75 Å². The molecule has 0 fully saturated rings. The number of anilines is 1. The lowest BCUT2D eigenvalue weighted by atomic mass is 10.2. The van der Waals surface area contributed by atoms with E-state index in [1.165, 1.54) is 0 Å². The van der Waals surface area contributed by atoms with Crippen molar-refractivity contribution in [3.05, 3.63) is 58.1 Å². The first-order valence-electron chi connectivity index (χ1n) is 5.93. The maximum atomic E-state index is 5.85. The Balaban J connectivity index is 1.90. The summed E-state index contributed by atoms with van der Waals surface area (Å²) in [5.41, 5.74) is 8.65. The van der Waals surface area contributed by atoms with Crippen LogP contribution < -0.4 is 10.5 Å². The molecule has 2 rings (SSSR count). The molecule has 0 bridgehead atoms. The smallest absolute Gasteiger partial charge is 0.141 e. The molecule has 100 valence electrons. The summed E-state index contributed by atoms with van der Waals surface area (Å²) in [4.78, 5) is 0. The molecule has 0 unspecified atom stereocenters. The fourth-order valence-corrected chi connectivity index (χ4v) is 2.23. The summed E-state index contributed by atoms with van der Waals surface area (Å²) < 4.78 is 11.8. The third-order valence-corrected chi connectivity index (χ3v) is 3.21. The monoisotopic (exact) mass is 321 g/mol. The third kappa shape index (κ3) is 3.98. The van der Waals surface area contributed by atoms with E-state index in [0.717, 1.165) is 15.6 Å². The summed E-state index contributed by atoms with van der Waals surface area (Å²) in [5, 5.41) is 0. The van der Waals surface area contributed by atoms with Crippen molar-refractivity contribution in [2.75, 3.05) is 12.8 Å². The van der Waals surface area contributed by atoms with Crippen molar-refractivity contribution in [3.63, 3.8) is 0 Å². The van der Waals surface area contributed by atoms with Gasteiger partial charge in [-0.3, -0.25) is 0 Å². The SMILES string of the molecule is COc1ccc(COCc2cccc(Br)c2)cc1N. The Morgan fingerprint density at radius 2 is 1.79 bits per heavy atom. The van der Waals surface area contributed by atoms with Gasteiger partial charge in [0.25, 0.3) is 0 Å². The molecule has 2 N–H and O–H groups in total. The van der Waals surface area contributed by atoms with Crippen LogP contribution in [0.2, 0.25) is 0 Å². The Morgan fingerprint density at radius 3 is 2.42 bits per heavy atom. The first kappa shape index (κ1) is 13.9. The van der Waals surface area contributed by atoms with Crippen molar-refractivity contribution in [1.82, 2.24) is 0 Å². The maximum Gasteiger partial charge on any atom is 0.141 e. The van der Waals surface area contributed by atoms with E-state index in [2.05, 4.69) is 15.9 Å². The minimum Gasteiger partial charge on any atom is -0.495 e. The van der Waals surface area contributed by atoms with Gasteiger partial charge in [0.05, 0.1) is 26.0 Å². The number of hydrogen-bond donors (Lipinski definition) is 1. The molecule has 0 radical (unpaired) electrons. The topological polar surface area (TPSA) is 44.5 Å². The summed E-state index contributed by atoms with van der Waals surface area (Å²) >= 11 is 3.44. The lowest BCUT2D eigenvalue weighted by molar-refractivity contribution is 0.107. The number of rotatable bonds is 5. The first-order chi connectivity index (χ1) is 9.19. The van der Waals surface area contributed by atoms with Gasteiger partial charge in [-0.15, -0.1) is 0 Å². The minimum atomic E-state index is 0.528. The van der Waals surface area contributed by atoms with Crippen molar-refractivity contribution >= 4 is 21.6 Å². The van der Waals surface area contributed by atoms with Crippen LogP contribution in [0.25, 0.3) is 0 Å². The summed E-state index contributed by atoms with van der Waals surface area (Å²) in [5.74, 6) is 0.690. The number of methoxy groups -OCH3 is 1. The standard InChI is InChI=1S/C15H16BrNO2/c1-18-15-6-5-12(8-14(15)17)10-19-9-11-3-2-4-13(16)7-11/h2-8H,9-10,17H2,1H3. The van der Waals surface area contributed by atoms with Crippen LogP contribution in [0, 0.1) is 0 Å². The molecule has 2 aromatic rings. The molecule has 0 aliphatic carbocycles. The predicted molar refractivity (Wildman–Crippen MR) is 80.0 cm³/mol. The Bertz CT molecular complexity index is 558. The van der Waals surface area contributed by atoms with Crippen molar-refractivity contribution < 1.29 is 9.47 Å². The second kappa shape index (κ2) is 6.59. The van der Waals surface area contributed by atoms with Crippen molar-refractivity contribution in [1.29, 1.82) is 0 Å². The molecule has 2 aromatic carbocycles.